The van der Waals surface area contributed by atoms with Gasteiger partial charge in [0, 0.05) is 55.8 Å². The van der Waals surface area contributed by atoms with Gasteiger partial charge in [0.15, 0.2) is 11.0 Å². The molecule has 2 aromatic carbocycles. The smallest absolute Gasteiger partial charge is 0.269 e. The third-order valence-electron chi connectivity index (χ3n) is 4.61. The molecule has 0 aliphatic heterocycles. The van der Waals surface area contributed by atoms with Crippen molar-refractivity contribution in [3.05, 3.63) is 64.7 Å². The Morgan fingerprint density at radius 1 is 1.12 bits per heavy atom. The zero-order chi connectivity index (χ0) is 22.8. The van der Waals surface area contributed by atoms with Crippen LogP contribution in [0.3, 0.4) is 0 Å². The molecule has 0 saturated carbocycles. The van der Waals surface area contributed by atoms with Gasteiger partial charge in [0.05, 0.1) is 4.92 Å². The topological polar surface area (TPSA) is 112 Å². The normalized spacial score (nSPS) is 10.8. The van der Waals surface area contributed by atoms with Crippen molar-refractivity contribution in [1.29, 1.82) is 0 Å². The number of nitro benzene ring substituents is 1. The monoisotopic (exact) mass is 455 g/mol. The third kappa shape index (κ3) is 6.38. The molecule has 0 fully saturated rings. The van der Waals surface area contributed by atoms with E-state index >= 15 is 0 Å². The molecule has 3 rings (SSSR count). The van der Waals surface area contributed by atoms with Crippen LogP contribution in [-0.2, 0) is 9.53 Å². The van der Waals surface area contributed by atoms with Crippen molar-refractivity contribution < 1.29 is 14.5 Å². The number of carbonyl (C=O) groups excluding carboxylic acids is 1. The molecule has 3 aromatic rings. The van der Waals surface area contributed by atoms with Crippen molar-refractivity contribution in [2.24, 2.45) is 0 Å². The van der Waals surface area contributed by atoms with Gasteiger partial charge in [-0.1, -0.05) is 30.0 Å². The molecule has 0 saturated heterocycles. The zero-order valence-electron chi connectivity index (χ0n) is 17.8. The van der Waals surface area contributed by atoms with Crippen LogP contribution in [0.4, 0.5) is 5.69 Å². The molecule has 1 heterocycles. The molecule has 0 radical (unpaired) electrons. The molecular formula is C22H25N5O4S. The lowest BCUT2D eigenvalue weighted by atomic mass is 10.2. The van der Waals surface area contributed by atoms with Crippen molar-refractivity contribution in [3.63, 3.8) is 0 Å². The number of carbonyl (C=O) groups is 1. The second-order valence-corrected chi connectivity index (χ2v) is 7.99. The highest BCUT2D eigenvalue weighted by molar-refractivity contribution is 7.99. The van der Waals surface area contributed by atoms with Crippen LogP contribution >= 0.6 is 11.8 Å². The standard InChI is InChI=1S/C22H25N5O4S/c1-31-15-6-14-23-20(28)9-5-16-32-22-25-24-21(26(22)18-7-3-2-4-8-18)17-10-12-19(13-11-17)27(29)30/h2-4,7-8,10-13H,5-6,9,14-16H2,1H3,(H,23,28). The number of aromatic nitrogens is 3. The number of benzene rings is 2. The van der Waals surface area contributed by atoms with Crippen LogP contribution in [-0.4, -0.2) is 51.6 Å². The number of amides is 1. The maximum Gasteiger partial charge on any atom is 0.269 e. The maximum absolute atomic E-state index is 11.9. The molecule has 10 heteroatoms. The fraction of sp³-hybridized carbons (Fsp3) is 0.318. The molecule has 9 nitrogen and oxygen atoms in total. The van der Waals surface area contributed by atoms with E-state index in [4.69, 9.17) is 4.74 Å². The van der Waals surface area contributed by atoms with E-state index in [1.807, 2.05) is 34.9 Å². The Kier molecular flexibility index (Phi) is 8.76. The molecule has 168 valence electrons. The quantitative estimate of drug-likeness (QED) is 0.191. The van der Waals surface area contributed by atoms with E-state index < -0.39 is 4.92 Å². The number of thioether (sulfide) groups is 1. The van der Waals surface area contributed by atoms with Crippen molar-refractivity contribution in [2.75, 3.05) is 26.0 Å². The molecule has 0 spiro atoms. The number of rotatable bonds is 12. The molecule has 1 N–H and O–H groups in total. The minimum absolute atomic E-state index is 0.0228. The summed E-state index contributed by atoms with van der Waals surface area (Å²) in [6.45, 7) is 1.24. The largest absolute Gasteiger partial charge is 0.385 e. The van der Waals surface area contributed by atoms with Gasteiger partial charge in [0.2, 0.25) is 5.91 Å². The Balaban J connectivity index is 1.69. The number of nitrogens with zero attached hydrogens (tertiary/aromatic N) is 4. The summed E-state index contributed by atoms with van der Waals surface area (Å²) in [4.78, 5) is 22.5. The number of methoxy groups -OCH3 is 1. The average Bonchev–Trinajstić information content (AvgIpc) is 3.24. The van der Waals surface area contributed by atoms with E-state index in [0.29, 0.717) is 42.7 Å². The third-order valence-corrected chi connectivity index (χ3v) is 5.63. The molecule has 0 unspecified atom stereocenters. The number of nitrogens with one attached hydrogen (secondary N) is 1. The van der Waals surface area contributed by atoms with Gasteiger partial charge in [0.1, 0.15) is 0 Å². The van der Waals surface area contributed by atoms with E-state index in [9.17, 15) is 14.9 Å². The van der Waals surface area contributed by atoms with E-state index in [0.717, 1.165) is 17.7 Å². The Morgan fingerprint density at radius 3 is 2.56 bits per heavy atom. The minimum Gasteiger partial charge on any atom is -0.385 e. The molecule has 0 atom stereocenters. The highest BCUT2D eigenvalue weighted by atomic mass is 32.2. The second-order valence-electron chi connectivity index (χ2n) is 6.93. The SMILES string of the molecule is COCCCNC(=O)CCCSc1nnc(-c2ccc([N+](=O)[O-])cc2)n1-c1ccccc1. The Labute approximate surface area is 190 Å². The number of hydrogen-bond donors (Lipinski definition) is 1. The highest BCUT2D eigenvalue weighted by Gasteiger charge is 2.17. The first-order chi connectivity index (χ1) is 15.6. The van der Waals surface area contributed by atoms with Crippen LogP contribution in [0.15, 0.2) is 59.8 Å². The Bertz CT molecular complexity index is 1020. The molecule has 0 bridgehead atoms. The van der Waals surface area contributed by atoms with Crippen LogP contribution in [0, 0.1) is 10.1 Å². The number of ether oxygens (including phenoxy) is 1. The van der Waals surface area contributed by atoms with E-state index in [1.165, 1.54) is 23.9 Å². The fourth-order valence-electron chi connectivity index (χ4n) is 3.02. The van der Waals surface area contributed by atoms with Gasteiger partial charge in [-0.25, -0.2) is 0 Å². The van der Waals surface area contributed by atoms with Gasteiger partial charge in [-0.15, -0.1) is 10.2 Å². The summed E-state index contributed by atoms with van der Waals surface area (Å²) in [6, 6.07) is 15.9. The van der Waals surface area contributed by atoms with Crippen molar-refractivity contribution in [3.8, 4) is 17.1 Å². The first kappa shape index (κ1) is 23.4. The summed E-state index contributed by atoms with van der Waals surface area (Å²) in [5, 5.41) is 23.2. The molecule has 1 amide bonds. The van der Waals surface area contributed by atoms with Gasteiger partial charge in [-0.3, -0.25) is 19.5 Å². The Hall–Kier alpha value is -3.24. The average molecular weight is 456 g/mol. The molecule has 0 aliphatic carbocycles. The Morgan fingerprint density at radius 2 is 1.88 bits per heavy atom. The summed E-state index contributed by atoms with van der Waals surface area (Å²) in [6.07, 6.45) is 1.94. The predicted octanol–water partition coefficient (Wildman–Crippen LogP) is 3.87. The van der Waals surface area contributed by atoms with Crippen LogP contribution in [0.2, 0.25) is 0 Å². The molecule has 0 aliphatic rings. The summed E-state index contributed by atoms with van der Waals surface area (Å²) in [5.74, 6) is 1.33. The number of hydrogen-bond acceptors (Lipinski definition) is 7. The van der Waals surface area contributed by atoms with Gasteiger partial charge in [-0.05, 0) is 37.1 Å². The van der Waals surface area contributed by atoms with Crippen LogP contribution in [0.1, 0.15) is 19.3 Å². The highest BCUT2D eigenvalue weighted by Crippen LogP contribution is 2.29. The molecule has 1 aromatic heterocycles. The summed E-state index contributed by atoms with van der Waals surface area (Å²) < 4.78 is 6.90. The van der Waals surface area contributed by atoms with Crippen LogP contribution in [0.25, 0.3) is 17.1 Å². The van der Waals surface area contributed by atoms with Crippen LogP contribution in [0.5, 0.6) is 0 Å². The van der Waals surface area contributed by atoms with E-state index in [1.54, 1.807) is 19.2 Å². The van der Waals surface area contributed by atoms with Crippen molar-refractivity contribution in [1.82, 2.24) is 20.1 Å². The summed E-state index contributed by atoms with van der Waals surface area (Å²) >= 11 is 1.52. The predicted molar refractivity (Wildman–Crippen MR) is 123 cm³/mol. The van der Waals surface area contributed by atoms with Gasteiger partial charge in [0.25, 0.3) is 5.69 Å². The van der Waals surface area contributed by atoms with Gasteiger partial charge < -0.3 is 10.1 Å². The molecular weight excluding hydrogens is 430 g/mol. The summed E-state index contributed by atoms with van der Waals surface area (Å²) in [5.41, 5.74) is 1.65. The maximum atomic E-state index is 11.9. The lowest BCUT2D eigenvalue weighted by Gasteiger charge is -2.10. The van der Waals surface area contributed by atoms with E-state index in [-0.39, 0.29) is 11.6 Å². The zero-order valence-corrected chi connectivity index (χ0v) is 18.6. The van der Waals surface area contributed by atoms with E-state index in [2.05, 4.69) is 15.5 Å². The number of nitro groups is 1. The fourth-order valence-corrected chi connectivity index (χ4v) is 3.91. The van der Waals surface area contributed by atoms with Gasteiger partial charge >= 0.3 is 0 Å². The van der Waals surface area contributed by atoms with Crippen LogP contribution < -0.4 is 5.32 Å². The minimum atomic E-state index is -0.430. The first-order valence-corrected chi connectivity index (χ1v) is 11.2. The number of para-hydroxylation sites is 1. The summed E-state index contributed by atoms with van der Waals surface area (Å²) in [7, 11) is 1.64. The molecule has 32 heavy (non-hydrogen) atoms. The van der Waals surface area contributed by atoms with Crippen molar-refractivity contribution in [2.45, 2.75) is 24.4 Å². The number of non-ortho nitro benzene ring substituents is 1. The lowest BCUT2D eigenvalue weighted by Crippen LogP contribution is -2.24. The lowest BCUT2D eigenvalue weighted by molar-refractivity contribution is -0.384. The van der Waals surface area contributed by atoms with Crippen molar-refractivity contribution >= 4 is 23.4 Å². The van der Waals surface area contributed by atoms with Gasteiger partial charge in [-0.2, -0.15) is 0 Å². The second kappa shape index (κ2) is 12.0. The first-order valence-electron chi connectivity index (χ1n) is 10.2.